The summed E-state index contributed by atoms with van der Waals surface area (Å²) in [5.74, 6) is -1.25. The molecule has 0 atom stereocenters. The lowest BCUT2D eigenvalue weighted by Crippen LogP contribution is -1.97. The van der Waals surface area contributed by atoms with E-state index in [1.165, 1.54) is 11.3 Å². The third kappa shape index (κ3) is 1.41. The molecule has 0 saturated heterocycles. The van der Waals surface area contributed by atoms with Gasteiger partial charge in [0, 0.05) is 15.5 Å². The summed E-state index contributed by atoms with van der Waals surface area (Å²) in [7, 11) is 0. The second-order valence-corrected chi connectivity index (χ2v) is 4.86. The van der Waals surface area contributed by atoms with Crippen molar-refractivity contribution in [2.24, 2.45) is 0 Å². The molecule has 0 fully saturated rings. The molecular weight excluding hydrogens is 248 g/mol. The van der Waals surface area contributed by atoms with Gasteiger partial charge < -0.3 is 9.63 Å². The first-order chi connectivity index (χ1) is 7.74. The lowest BCUT2D eigenvalue weighted by atomic mass is 10.4. The fraction of sp³-hybridized carbons (Fsp3) is 0. The summed E-state index contributed by atoms with van der Waals surface area (Å²) in [5, 5.41) is 17.2. The van der Waals surface area contributed by atoms with E-state index in [2.05, 4.69) is 10.1 Å². The standard InChI is InChI=1S/C9H4N2O3S2/c12-9(13)7-10-8(14-11-7)5-1-4-2-15-3-6(4)16-5/h1-3H,(H,12,13). The first-order valence-electron chi connectivity index (χ1n) is 4.27. The summed E-state index contributed by atoms with van der Waals surface area (Å²) in [4.78, 5) is 15.2. The van der Waals surface area contributed by atoms with Crippen molar-refractivity contribution in [3.05, 3.63) is 22.7 Å². The van der Waals surface area contributed by atoms with Crippen LogP contribution in [0.3, 0.4) is 0 Å². The van der Waals surface area contributed by atoms with Crippen LogP contribution in [-0.4, -0.2) is 21.2 Å². The van der Waals surface area contributed by atoms with E-state index in [1.54, 1.807) is 11.3 Å². The van der Waals surface area contributed by atoms with Gasteiger partial charge in [-0.3, -0.25) is 0 Å². The fourth-order valence-corrected chi connectivity index (χ4v) is 3.22. The third-order valence-corrected chi connectivity index (χ3v) is 3.99. The van der Waals surface area contributed by atoms with E-state index >= 15 is 0 Å². The summed E-state index contributed by atoms with van der Waals surface area (Å²) in [5.41, 5.74) is 0. The van der Waals surface area contributed by atoms with Gasteiger partial charge >= 0.3 is 5.97 Å². The number of rotatable bonds is 2. The average Bonchev–Trinajstić information content (AvgIpc) is 2.91. The van der Waals surface area contributed by atoms with E-state index in [0.717, 1.165) is 15.0 Å². The Morgan fingerprint density at radius 1 is 1.44 bits per heavy atom. The summed E-state index contributed by atoms with van der Waals surface area (Å²) < 4.78 is 6.02. The Labute approximate surface area is 97.0 Å². The van der Waals surface area contributed by atoms with Gasteiger partial charge in [0.25, 0.3) is 11.7 Å². The number of aromatic carboxylic acids is 1. The lowest BCUT2D eigenvalue weighted by Gasteiger charge is -1.82. The summed E-state index contributed by atoms with van der Waals surface area (Å²) in [6, 6.07) is 1.91. The molecule has 3 aromatic heterocycles. The largest absolute Gasteiger partial charge is 0.475 e. The quantitative estimate of drug-likeness (QED) is 0.758. The van der Waals surface area contributed by atoms with E-state index in [9.17, 15) is 4.79 Å². The van der Waals surface area contributed by atoms with Gasteiger partial charge in [-0.2, -0.15) is 16.3 Å². The third-order valence-electron chi connectivity index (χ3n) is 1.99. The number of carbonyl (C=O) groups is 1. The predicted molar refractivity (Wildman–Crippen MR) is 60.0 cm³/mol. The number of hydrogen-bond donors (Lipinski definition) is 1. The number of carboxylic acids is 1. The van der Waals surface area contributed by atoms with Crippen LogP contribution in [0.2, 0.25) is 0 Å². The van der Waals surface area contributed by atoms with Crippen LogP contribution in [0.5, 0.6) is 0 Å². The number of nitrogens with zero attached hydrogens (tertiary/aromatic N) is 2. The molecule has 5 nitrogen and oxygen atoms in total. The molecule has 0 unspecified atom stereocenters. The van der Waals surface area contributed by atoms with Crippen LogP contribution in [0.25, 0.3) is 20.9 Å². The Morgan fingerprint density at radius 3 is 3.00 bits per heavy atom. The van der Waals surface area contributed by atoms with Crippen LogP contribution in [0.4, 0.5) is 0 Å². The molecule has 1 N–H and O–H groups in total. The number of fused-ring (bicyclic) bond motifs is 1. The Morgan fingerprint density at radius 2 is 2.31 bits per heavy atom. The molecule has 0 bridgehead atoms. The topological polar surface area (TPSA) is 76.2 Å². The van der Waals surface area contributed by atoms with E-state index in [0.29, 0.717) is 0 Å². The molecule has 3 heterocycles. The molecule has 3 rings (SSSR count). The van der Waals surface area contributed by atoms with E-state index in [4.69, 9.17) is 9.63 Å². The van der Waals surface area contributed by atoms with Crippen molar-refractivity contribution in [1.82, 2.24) is 10.1 Å². The normalized spacial score (nSPS) is 11.0. The SMILES string of the molecule is O=C(O)c1noc(-c2cc3cscc3s2)n1. The Bertz CT molecular complexity index is 638. The molecule has 0 aliphatic heterocycles. The van der Waals surface area contributed by atoms with Crippen molar-refractivity contribution in [3.63, 3.8) is 0 Å². The predicted octanol–water partition coefficient (Wildman–Crippen LogP) is 2.71. The molecule has 7 heteroatoms. The highest BCUT2D eigenvalue weighted by Gasteiger charge is 2.16. The minimum Gasteiger partial charge on any atom is -0.475 e. The minimum absolute atomic E-state index is 0.253. The van der Waals surface area contributed by atoms with Crippen LogP contribution >= 0.6 is 22.7 Å². The van der Waals surface area contributed by atoms with Gasteiger partial charge in [-0.25, -0.2) is 4.79 Å². The minimum atomic E-state index is -1.19. The van der Waals surface area contributed by atoms with Crippen molar-refractivity contribution in [2.75, 3.05) is 0 Å². The van der Waals surface area contributed by atoms with Crippen molar-refractivity contribution < 1.29 is 14.4 Å². The van der Waals surface area contributed by atoms with E-state index in [-0.39, 0.29) is 11.7 Å². The second kappa shape index (κ2) is 3.39. The summed E-state index contributed by atoms with van der Waals surface area (Å²) in [6.45, 7) is 0. The van der Waals surface area contributed by atoms with Gasteiger partial charge in [-0.15, -0.1) is 11.3 Å². The maximum absolute atomic E-state index is 10.6. The van der Waals surface area contributed by atoms with Crippen molar-refractivity contribution in [2.45, 2.75) is 0 Å². The Balaban J connectivity index is 2.08. The molecule has 3 aromatic rings. The van der Waals surface area contributed by atoms with E-state index in [1.807, 2.05) is 16.8 Å². The monoisotopic (exact) mass is 252 g/mol. The van der Waals surface area contributed by atoms with Crippen molar-refractivity contribution in [1.29, 1.82) is 0 Å². The first-order valence-corrected chi connectivity index (χ1v) is 6.03. The van der Waals surface area contributed by atoms with Crippen molar-refractivity contribution >= 4 is 38.7 Å². The van der Waals surface area contributed by atoms with Gasteiger partial charge in [0.1, 0.15) is 0 Å². The summed E-state index contributed by atoms with van der Waals surface area (Å²) in [6.07, 6.45) is 0. The smallest absolute Gasteiger partial charge is 0.377 e. The second-order valence-electron chi connectivity index (χ2n) is 3.03. The highest BCUT2D eigenvalue weighted by Crippen LogP contribution is 2.34. The zero-order valence-electron chi connectivity index (χ0n) is 7.71. The molecule has 0 aliphatic carbocycles. The number of carboxylic acid groups (broad SMARTS) is 1. The van der Waals surface area contributed by atoms with Gasteiger partial charge in [-0.05, 0) is 16.6 Å². The van der Waals surface area contributed by atoms with E-state index < -0.39 is 5.97 Å². The first kappa shape index (κ1) is 9.49. The summed E-state index contributed by atoms with van der Waals surface area (Å²) >= 11 is 3.13. The fourth-order valence-electron chi connectivity index (χ4n) is 1.29. The van der Waals surface area contributed by atoms with Crippen LogP contribution in [0, 0.1) is 0 Å². The van der Waals surface area contributed by atoms with Gasteiger partial charge in [-0.1, -0.05) is 0 Å². The van der Waals surface area contributed by atoms with Crippen LogP contribution in [0.1, 0.15) is 10.6 Å². The zero-order valence-corrected chi connectivity index (χ0v) is 9.34. The highest BCUT2D eigenvalue weighted by atomic mass is 32.1. The average molecular weight is 252 g/mol. The molecule has 0 spiro atoms. The number of aromatic nitrogens is 2. The molecule has 0 aromatic carbocycles. The lowest BCUT2D eigenvalue weighted by molar-refractivity contribution is 0.0680. The highest BCUT2D eigenvalue weighted by molar-refractivity contribution is 7.25. The zero-order chi connectivity index (χ0) is 11.1. The Kier molecular flexibility index (Phi) is 2.01. The molecular formula is C9H4N2O3S2. The van der Waals surface area contributed by atoms with Crippen LogP contribution in [-0.2, 0) is 0 Å². The van der Waals surface area contributed by atoms with Gasteiger partial charge in [0.05, 0.1) is 4.88 Å². The molecule has 0 amide bonds. The van der Waals surface area contributed by atoms with Crippen molar-refractivity contribution in [3.8, 4) is 10.8 Å². The maximum atomic E-state index is 10.6. The number of thiophene rings is 2. The molecule has 0 radical (unpaired) electrons. The van der Waals surface area contributed by atoms with Crippen LogP contribution in [0.15, 0.2) is 21.3 Å². The van der Waals surface area contributed by atoms with Gasteiger partial charge in [0.2, 0.25) is 0 Å². The molecule has 80 valence electrons. The maximum Gasteiger partial charge on any atom is 0.377 e. The molecule has 0 aliphatic rings. The van der Waals surface area contributed by atoms with Gasteiger partial charge in [0.15, 0.2) is 0 Å². The number of hydrogen-bond acceptors (Lipinski definition) is 6. The molecule has 16 heavy (non-hydrogen) atoms. The Hall–Kier alpha value is -1.73. The van der Waals surface area contributed by atoms with Crippen LogP contribution < -0.4 is 0 Å². The molecule has 0 saturated carbocycles.